The maximum atomic E-state index is 13.5. The molecule has 0 radical (unpaired) electrons. The number of nitriles is 1. The van der Waals surface area contributed by atoms with Crippen LogP contribution in [0.3, 0.4) is 0 Å². The summed E-state index contributed by atoms with van der Waals surface area (Å²) in [5.41, 5.74) is -1.06. The third-order valence-corrected chi connectivity index (χ3v) is 2.96. The van der Waals surface area contributed by atoms with Crippen molar-refractivity contribution >= 4 is 27.3 Å². The van der Waals surface area contributed by atoms with Crippen molar-refractivity contribution in [3.8, 4) is 6.07 Å². The molecule has 0 heterocycles. The predicted molar refractivity (Wildman–Crippen MR) is 68.4 cm³/mol. The summed E-state index contributed by atoms with van der Waals surface area (Å²) in [6, 6.07) is 5.73. The summed E-state index contributed by atoms with van der Waals surface area (Å²) in [5.74, 6) is -10.3. The van der Waals surface area contributed by atoms with Crippen LogP contribution in [0.4, 0.5) is 33.3 Å². The molecule has 0 spiro atoms. The van der Waals surface area contributed by atoms with Crippen molar-refractivity contribution < 1.29 is 22.0 Å². The molecule has 2 aromatic rings. The molecule has 8 heteroatoms. The van der Waals surface area contributed by atoms with E-state index in [4.69, 9.17) is 5.26 Å². The van der Waals surface area contributed by atoms with Gasteiger partial charge in [-0.05, 0) is 18.2 Å². The van der Waals surface area contributed by atoms with Crippen LogP contribution in [0.1, 0.15) is 5.56 Å². The molecule has 2 aromatic carbocycles. The molecule has 0 amide bonds. The van der Waals surface area contributed by atoms with E-state index in [2.05, 4.69) is 21.2 Å². The highest BCUT2D eigenvalue weighted by molar-refractivity contribution is 9.10. The van der Waals surface area contributed by atoms with E-state index in [-0.39, 0.29) is 11.3 Å². The van der Waals surface area contributed by atoms with Gasteiger partial charge in [-0.25, -0.2) is 22.0 Å². The number of nitrogens with zero attached hydrogens (tertiary/aromatic N) is 1. The number of hydrogen-bond donors (Lipinski definition) is 1. The summed E-state index contributed by atoms with van der Waals surface area (Å²) >= 11 is 3.06. The van der Waals surface area contributed by atoms with Gasteiger partial charge in [0.2, 0.25) is 5.82 Å². The number of nitrogens with one attached hydrogen (secondary N) is 1. The number of benzene rings is 2. The highest BCUT2D eigenvalue weighted by atomic mass is 79.9. The van der Waals surface area contributed by atoms with Gasteiger partial charge >= 0.3 is 0 Å². The second kappa shape index (κ2) is 5.69. The van der Waals surface area contributed by atoms with E-state index < -0.39 is 34.8 Å². The van der Waals surface area contributed by atoms with Crippen LogP contribution in [0.15, 0.2) is 22.7 Å². The van der Waals surface area contributed by atoms with E-state index in [0.29, 0.717) is 4.47 Å². The van der Waals surface area contributed by atoms with Crippen LogP contribution in [0.5, 0.6) is 0 Å². The van der Waals surface area contributed by atoms with Gasteiger partial charge in [0.25, 0.3) is 0 Å². The molecule has 0 atom stereocenters. The molecule has 0 aliphatic heterocycles. The SMILES string of the molecule is N#Cc1cc(Br)cc(Nc2c(F)c(F)c(F)c(F)c2F)c1. The molecule has 2 nitrogen and oxygen atoms in total. The lowest BCUT2D eigenvalue weighted by atomic mass is 10.2. The molecule has 0 saturated carbocycles. The molecular formula is C13H4BrF5N2. The van der Waals surface area contributed by atoms with Crippen molar-refractivity contribution in [2.45, 2.75) is 0 Å². The molecule has 0 aliphatic carbocycles. The minimum atomic E-state index is -2.23. The molecule has 0 aliphatic rings. The minimum Gasteiger partial charge on any atom is -0.350 e. The Morgan fingerprint density at radius 1 is 0.857 bits per heavy atom. The van der Waals surface area contributed by atoms with Gasteiger partial charge in [0.15, 0.2) is 23.3 Å². The minimum absolute atomic E-state index is 0.0101. The number of halogens is 6. The van der Waals surface area contributed by atoms with Crippen LogP contribution in [-0.2, 0) is 0 Å². The predicted octanol–water partition coefficient (Wildman–Crippen LogP) is 4.76. The maximum Gasteiger partial charge on any atom is 0.200 e. The van der Waals surface area contributed by atoms with Gasteiger partial charge in [-0.1, -0.05) is 15.9 Å². The topological polar surface area (TPSA) is 35.8 Å². The number of rotatable bonds is 2. The lowest BCUT2D eigenvalue weighted by Gasteiger charge is -2.11. The van der Waals surface area contributed by atoms with Gasteiger partial charge in [-0.15, -0.1) is 0 Å². The molecule has 0 bridgehead atoms. The van der Waals surface area contributed by atoms with Crippen molar-refractivity contribution in [1.29, 1.82) is 5.26 Å². The Balaban J connectivity index is 2.55. The van der Waals surface area contributed by atoms with Crippen molar-refractivity contribution in [1.82, 2.24) is 0 Å². The summed E-state index contributed by atoms with van der Waals surface area (Å²) in [7, 11) is 0. The molecule has 21 heavy (non-hydrogen) atoms. The van der Waals surface area contributed by atoms with E-state index in [0.717, 1.165) is 0 Å². The third kappa shape index (κ3) is 2.83. The second-order valence-corrected chi connectivity index (χ2v) is 4.83. The maximum absolute atomic E-state index is 13.5. The summed E-state index contributed by atoms with van der Waals surface area (Å²) < 4.78 is 66.5. The summed E-state index contributed by atoms with van der Waals surface area (Å²) in [6.07, 6.45) is 0. The third-order valence-electron chi connectivity index (χ3n) is 2.51. The first-order valence-corrected chi connectivity index (χ1v) is 6.13. The largest absolute Gasteiger partial charge is 0.350 e. The number of hydrogen-bond acceptors (Lipinski definition) is 2. The fraction of sp³-hybridized carbons (Fsp3) is 0. The average Bonchev–Trinajstić information content (AvgIpc) is 2.47. The Morgan fingerprint density at radius 2 is 1.38 bits per heavy atom. The zero-order valence-electron chi connectivity index (χ0n) is 9.95. The molecule has 0 unspecified atom stereocenters. The smallest absolute Gasteiger partial charge is 0.200 e. The van der Waals surface area contributed by atoms with Crippen LogP contribution >= 0.6 is 15.9 Å². The van der Waals surface area contributed by atoms with Crippen LogP contribution in [0.25, 0.3) is 0 Å². The van der Waals surface area contributed by atoms with Crippen LogP contribution < -0.4 is 5.32 Å². The van der Waals surface area contributed by atoms with Gasteiger partial charge in [0.05, 0.1) is 11.6 Å². The second-order valence-electron chi connectivity index (χ2n) is 3.91. The van der Waals surface area contributed by atoms with Crippen molar-refractivity contribution in [3.05, 3.63) is 57.3 Å². The van der Waals surface area contributed by atoms with E-state index in [9.17, 15) is 22.0 Å². The Hall–Kier alpha value is -2.14. The first-order valence-electron chi connectivity index (χ1n) is 5.34. The zero-order chi connectivity index (χ0) is 15.7. The standard InChI is InChI=1S/C13H4BrF5N2/c14-6-1-5(4-20)2-7(3-6)21-13-11(18)9(16)8(15)10(17)12(13)19/h1-3,21H. The number of anilines is 2. The van der Waals surface area contributed by atoms with Crippen molar-refractivity contribution in [2.24, 2.45) is 0 Å². The van der Waals surface area contributed by atoms with E-state index in [1.807, 2.05) is 0 Å². The quantitative estimate of drug-likeness (QED) is 0.475. The summed E-state index contributed by atoms with van der Waals surface area (Å²) in [6.45, 7) is 0. The van der Waals surface area contributed by atoms with E-state index in [1.165, 1.54) is 18.2 Å². The molecular weight excluding hydrogens is 359 g/mol. The lowest BCUT2D eigenvalue weighted by molar-refractivity contribution is 0.382. The van der Waals surface area contributed by atoms with Crippen molar-refractivity contribution in [3.63, 3.8) is 0 Å². The zero-order valence-corrected chi connectivity index (χ0v) is 11.5. The Kier molecular flexibility index (Phi) is 4.14. The fourth-order valence-electron chi connectivity index (χ4n) is 1.59. The van der Waals surface area contributed by atoms with Gasteiger partial charge in [0.1, 0.15) is 5.69 Å². The first kappa shape index (κ1) is 15.3. The lowest BCUT2D eigenvalue weighted by Crippen LogP contribution is -2.06. The van der Waals surface area contributed by atoms with Crippen LogP contribution in [-0.4, -0.2) is 0 Å². The molecule has 0 saturated heterocycles. The van der Waals surface area contributed by atoms with Crippen molar-refractivity contribution in [2.75, 3.05) is 5.32 Å². The average molecular weight is 363 g/mol. The fourth-order valence-corrected chi connectivity index (χ4v) is 2.08. The van der Waals surface area contributed by atoms with Gasteiger partial charge in [-0.2, -0.15) is 5.26 Å². The Bertz CT molecular complexity index is 741. The van der Waals surface area contributed by atoms with Gasteiger partial charge in [-0.3, -0.25) is 0 Å². The Morgan fingerprint density at radius 3 is 1.90 bits per heavy atom. The Labute approximate surface area is 123 Å². The van der Waals surface area contributed by atoms with E-state index >= 15 is 0 Å². The highest BCUT2D eigenvalue weighted by Gasteiger charge is 2.25. The van der Waals surface area contributed by atoms with E-state index in [1.54, 1.807) is 6.07 Å². The first-order chi connectivity index (χ1) is 9.85. The molecule has 108 valence electrons. The monoisotopic (exact) mass is 362 g/mol. The normalized spacial score (nSPS) is 10.3. The van der Waals surface area contributed by atoms with Gasteiger partial charge < -0.3 is 5.32 Å². The molecule has 2 rings (SSSR count). The van der Waals surface area contributed by atoms with Gasteiger partial charge in [0, 0.05) is 10.2 Å². The molecule has 1 N–H and O–H groups in total. The molecule has 0 fully saturated rings. The highest BCUT2D eigenvalue weighted by Crippen LogP contribution is 2.30. The van der Waals surface area contributed by atoms with Crippen LogP contribution in [0.2, 0.25) is 0 Å². The summed E-state index contributed by atoms with van der Waals surface area (Å²) in [4.78, 5) is 0. The van der Waals surface area contributed by atoms with Crippen LogP contribution in [0, 0.1) is 40.4 Å². The summed E-state index contributed by atoms with van der Waals surface area (Å²) in [5, 5.41) is 10.9. The molecule has 0 aromatic heterocycles.